The highest BCUT2D eigenvalue weighted by molar-refractivity contribution is 7.16. The molecular formula is C19H23NO5S. The summed E-state index contributed by atoms with van der Waals surface area (Å²) in [5.41, 5.74) is 0.372. The van der Waals surface area contributed by atoms with Gasteiger partial charge in [0.2, 0.25) is 0 Å². The predicted molar refractivity (Wildman–Crippen MR) is 101 cm³/mol. The molecule has 0 bridgehead atoms. The van der Waals surface area contributed by atoms with Crippen molar-refractivity contribution in [3.05, 3.63) is 40.8 Å². The van der Waals surface area contributed by atoms with Crippen LogP contribution in [0.4, 0.5) is 5.00 Å². The molecule has 2 rings (SSSR count). The van der Waals surface area contributed by atoms with E-state index in [-0.39, 0.29) is 19.1 Å². The Morgan fingerprint density at radius 1 is 1.04 bits per heavy atom. The second-order valence-corrected chi connectivity index (χ2v) is 6.38. The van der Waals surface area contributed by atoms with Gasteiger partial charge in [0.1, 0.15) is 5.00 Å². The van der Waals surface area contributed by atoms with Crippen LogP contribution in [0.5, 0.6) is 11.5 Å². The molecule has 0 radical (unpaired) electrons. The third kappa shape index (κ3) is 5.23. The van der Waals surface area contributed by atoms with Crippen molar-refractivity contribution in [1.29, 1.82) is 0 Å². The van der Waals surface area contributed by atoms with E-state index in [0.29, 0.717) is 28.7 Å². The third-order valence-electron chi connectivity index (χ3n) is 3.39. The normalized spacial score (nSPS) is 10.3. The first-order valence-corrected chi connectivity index (χ1v) is 9.34. The van der Waals surface area contributed by atoms with E-state index < -0.39 is 5.97 Å². The monoisotopic (exact) mass is 377 g/mol. The second-order valence-electron chi connectivity index (χ2n) is 5.25. The van der Waals surface area contributed by atoms with Crippen molar-refractivity contribution >= 4 is 28.2 Å². The molecule has 0 atom stereocenters. The number of thiophene rings is 1. The molecule has 2 aromatic rings. The zero-order valence-corrected chi connectivity index (χ0v) is 16.0. The molecule has 1 aromatic heterocycles. The standard InChI is InChI=1S/C19H23NO5S/c1-4-13-11-14(19(22)24-6-3)18(26-13)20-17(21)12-25-16-10-8-7-9-15(16)23-5-2/h7-11H,4-6,12H2,1-3H3,(H,20,21). The van der Waals surface area contributed by atoms with Crippen LogP contribution in [0.1, 0.15) is 36.0 Å². The van der Waals surface area contributed by atoms with Gasteiger partial charge in [-0.1, -0.05) is 19.1 Å². The predicted octanol–water partition coefficient (Wildman–Crippen LogP) is 3.90. The lowest BCUT2D eigenvalue weighted by Gasteiger charge is -2.11. The largest absolute Gasteiger partial charge is 0.490 e. The number of nitrogens with one attached hydrogen (secondary N) is 1. The lowest BCUT2D eigenvalue weighted by Crippen LogP contribution is -2.21. The summed E-state index contributed by atoms with van der Waals surface area (Å²) in [6.07, 6.45) is 0.769. The Hall–Kier alpha value is -2.54. The van der Waals surface area contributed by atoms with Gasteiger partial charge < -0.3 is 19.5 Å². The van der Waals surface area contributed by atoms with Crippen LogP contribution in [0.15, 0.2) is 30.3 Å². The topological polar surface area (TPSA) is 73.9 Å². The number of benzene rings is 1. The van der Waals surface area contributed by atoms with Gasteiger partial charge in [0.05, 0.1) is 18.8 Å². The number of hydrogen-bond acceptors (Lipinski definition) is 6. The molecule has 140 valence electrons. The molecule has 0 unspecified atom stereocenters. The van der Waals surface area contributed by atoms with Crippen LogP contribution in [0.25, 0.3) is 0 Å². The van der Waals surface area contributed by atoms with Gasteiger partial charge in [0.25, 0.3) is 5.91 Å². The summed E-state index contributed by atoms with van der Waals surface area (Å²) in [6, 6.07) is 8.91. The number of anilines is 1. The van der Waals surface area contributed by atoms with Crippen molar-refractivity contribution in [2.75, 3.05) is 25.1 Å². The van der Waals surface area contributed by atoms with Crippen LogP contribution >= 0.6 is 11.3 Å². The van der Waals surface area contributed by atoms with Crippen molar-refractivity contribution in [1.82, 2.24) is 0 Å². The minimum atomic E-state index is -0.443. The molecule has 0 fully saturated rings. The third-order valence-corrected chi connectivity index (χ3v) is 4.58. The molecule has 1 aromatic carbocycles. The summed E-state index contributed by atoms with van der Waals surface area (Å²) in [6.45, 7) is 6.20. The van der Waals surface area contributed by atoms with Gasteiger partial charge in [-0.05, 0) is 38.5 Å². The Balaban J connectivity index is 2.04. The molecule has 0 saturated heterocycles. The average Bonchev–Trinajstić information content (AvgIpc) is 3.04. The van der Waals surface area contributed by atoms with E-state index in [0.717, 1.165) is 11.3 Å². The van der Waals surface area contributed by atoms with Crippen LogP contribution in [0, 0.1) is 0 Å². The lowest BCUT2D eigenvalue weighted by atomic mass is 10.2. The smallest absolute Gasteiger partial charge is 0.341 e. The van der Waals surface area contributed by atoms with E-state index in [9.17, 15) is 9.59 Å². The highest BCUT2D eigenvalue weighted by Gasteiger charge is 2.19. The Morgan fingerprint density at radius 3 is 2.35 bits per heavy atom. The number of ether oxygens (including phenoxy) is 3. The van der Waals surface area contributed by atoms with Gasteiger partial charge in [0.15, 0.2) is 18.1 Å². The lowest BCUT2D eigenvalue weighted by molar-refractivity contribution is -0.118. The minimum absolute atomic E-state index is 0.189. The van der Waals surface area contributed by atoms with Gasteiger partial charge in [-0.2, -0.15) is 0 Å². The maximum Gasteiger partial charge on any atom is 0.341 e. The van der Waals surface area contributed by atoms with Crippen LogP contribution in [-0.4, -0.2) is 31.7 Å². The van der Waals surface area contributed by atoms with Crippen LogP contribution < -0.4 is 14.8 Å². The number of para-hydroxylation sites is 2. The van der Waals surface area contributed by atoms with Crippen molar-refractivity contribution in [2.45, 2.75) is 27.2 Å². The second kappa shape index (κ2) is 9.82. The van der Waals surface area contributed by atoms with Gasteiger partial charge in [-0.25, -0.2) is 4.79 Å². The first-order valence-electron chi connectivity index (χ1n) is 8.53. The van der Waals surface area contributed by atoms with Crippen LogP contribution in [-0.2, 0) is 16.0 Å². The summed E-state index contributed by atoms with van der Waals surface area (Å²) >= 11 is 1.36. The molecule has 1 heterocycles. The Labute approximate surface area is 157 Å². The number of amides is 1. The van der Waals surface area contributed by atoms with E-state index in [4.69, 9.17) is 14.2 Å². The summed E-state index contributed by atoms with van der Waals surface area (Å²) in [7, 11) is 0. The van der Waals surface area contributed by atoms with Gasteiger partial charge in [-0.15, -0.1) is 11.3 Å². The fraction of sp³-hybridized carbons (Fsp3) is 0.368. The zero-order valence-electron chi connectivity index (χ0n) is 15.2. The quantitative estimate of drug-likeness (QED) is 0.671. The number of hydrogen-bond donors (Lipinski definition) is 1. The number of aryl methyl sites for hydroxylation is 1. The van der Waals surface area contributed by atoms with Crippen molar-refractivity contribution < 1.29 is 23.8 Å². The molecule has 0 saturated carbocycles. The first kappa shape index (κ1) is 19.8. The molecule has 1 N–H and O–H groups in total. The summed E-state index contributed by atoms with van der Waals surface area (Å²) in [4.78, 5) is 25.3. The Kier molecular flexibility index (Phi) is 7.47. The van der Waals surface area contributed by atoms with Crippen LogP contribution in [0.3, 0.4) is 0 Å². The molecule has 26 heavy (non-hydrogen) atoms. The highest BCUT2D eigenvalue weighted by atomic mass is 32.1. The summed E-state index contributed by atoms with van der Waals surface area (Å²) in [5, 5.41) is 3.22. The molecule has 1 amide bonds. The molecule has 7 heteroatoms. The van der Waals surface area contributed by atoms with Gasteiger partial charge in [0, 0.05) is 4.88 Å². The Bertz CT molecular complexity index is 756. The average molecular weight is 377 g/mol. The molecule has 0 aliphatic rings. The van der Waals surface area contributed by atoms with Crippen molar-refractivity contribution in [3.8, 4) is 11.5 Å². The molecule has 0 spiro atoms. The van der Waals surface area contributed by atoms with Crippen molar-refractivity contribution in [3.63, 3.8) is 0 Å². The SMILES string of the molecule is CCOC(=O)c1cc(CC)sc1NC(=O)COc1ccccc1OCC. The number of carbonyl (C=O) groups excluding carboxylic acids is 2. The highest BCUT2D eigenvalue weighted by Crippen LogP contribution is 2.30. The van der Waals surface area contributed by atoms with E-state index in [2.05, 4.69) is 5.32 Å². The van der Waals surface area contributed by atoms with E-state index in [1.165, 1.54) is 11.3 Å². The zero-order chi connectivity index (χ0) is 18.9. The minimum Gasteiger partial charge on any atom is -0.490 e. The number of carbonyl (C=O) groups is 2. The molecular weight excluding hydrogens is 354 g/mol. The fourth-order valence-electron chi connectivity index (χ4n) is 2.22. The maximum atomic E-state index is 12.3. The van der Waals surface area contributed by atoms with Crippen LogP contribution in [0.2, 0.25) is 0 Å². The van der Waals surface area contributed by atoms with E-state index in [1.54, 1.807) is 31.2 Å². The number of esters is 1. The Morgan fingerprint density at radius 2 is 1.73 bits per heavy atom. The van der Waals surface area contributed by atoms with Gasteiger partial charge >= 0.3 is 5.97 Å². The molecule has 0 aliphatic carbocycles. The molecule has 6 nitrogen and oxygen atoms in total. The van der Waals surface area contributed by atoms with E-state index >= 15 is 0 Å². The van der Waals surface area contributed by atoms with Crippen molar-refractivity contribution in [2.24, 2.45) is 0 Å². The van der Waals surface area contributed by atoms with Gasteiger partial charge in [-0.3, -0.25) is 4.79 Å². The molecule has 0 aliphatic heterocycles. The summed E-state index contributed by atoms with van der Waals surface area (Å²) < 4.78 is 16.1. The summed E-state index contributed by atoms with van der Waals surface area (Å²) in [5.74, 6) is 0.280. The maximum absolute atomic E-state index is 12.3. The van der Waals surface area contributed by atoms with E-state index in [1.807, 2.05) is 19.9 Å². The number of rotatable bonds is 9. The fourth-order valence-corrected chi connectivity index (χ4v) is 3.22. The first-order chi connectivity index (χ1) is 12.6.